The maximum Gasteiger partial charge on any atom is 0.264 e. The van der Waals surface area contributed by atoms with Crippen molar-refractivity contribution in [2.75, 3.05) is 6.61 Å². The minimum Gasteiger partial charge on any atom is -0.373 e. The summed E-state index contributed by atoms with van der Waals surface area (Å²) in [6.45, 7) is 4.71. The van der Waals surface area contributed by atoms with E-state index in [1.165, 1.54) is 6.07 Å². The molecule has 0 N–H and O–H groups in total. The smallest absolute Gasteiger partial charge is 0.264 e. The summed E-state index contributed by atoms with van der Waals surface area (Å²) in [7, 11) is 1.80. The number of aryl methyl sites for hydroxylation is 2. The number of pyridine rings is 2. The number of hydrogen-bond acceptors (Lipinski definition) is 5. The SMILES string of the molecule is Cc1nn(CCOCc2ccccn2)c2nc(-c3cnn(C)c3C)cc(C(F)F)c12. The highest BCUT2D eigenvalue weighted by Gasteiger charge is 2.22. The first-order valence-corrected chi connectivity index (χ1v) is 9.58. The highest BCUT2D eigenvalue weighted by Crippen LogP contribution is 2.33. The monoisotopic (exact) mass is 412 g/mol. The molecule has 0 radical (unpaired) electrons. The molecule has 0 bridgehead atoms. The first kappa shape index (κ1) is 20.1. The van der Waals surface area contributed by atoms with Crippen molar-refractivity contribution in [2.45, 2.75) is 33.4 Å². The Morgan fingerprint density at radius 2 is 2.03 bits per heavy atom. The topological polar surface area (TPSA) is 70.7 Å². The van der Waals surface area contributed by atoms with Gasteiger partial charge >= 0.3 is 0 Å². The van der Waals surface area contributed by atoms with Crippen LogP contribution in [0.15, 0.2) is 36.7 Å². The molecule has 30 heavy (non-hydrogen) atoms. The minimum absolute atomic E-state index is 0.0728. The van der Waals surface area contributed by atoms with Crippen molar-refractivity contribution >= 4 is 11.0 Å². The third-order valence-corrected chi connectivity index (χ3v) is 5.08. The first-order chi connectivity index (χ1) is 14.5. The summed E-state index contributed by atoms with van der Waals surface area (Å²) in [5.41, 5.74) is 3.72. The van der Waals surface area contributed by atoms with Crippen molar-refractivity contribution in [2.24, 2.45) is 7.05 Å². The van der Waals surface area contributed by atoms with Gasteiger partial charge in [-0.3, -0.25) is 9.67 Å². The van der Waals surface area contributed by atoms with E-state index in [1.807, 2.05) is 25.1 Å². The molecule has 0 aromatic carbocycles. The van der Waals surface area contributed by atoms with Crippen molar-refractivity contribution in [1.82, 2.24) is 29.5 Å². The number of aromatic nitrogens is 6. The molecule has 0 aliphatic rings. The van der Waals surface area contributed by atoms with Gasteiger partial charge in [0, 0.05) is 30.1 Å². The van der Waals surface area contributed by atoms with Crippen LogP contribution < -0.4 is 0 Å². The van der Waals surface area contributed by atoms with Crippen LogP contribution in [0.2, 0.25) is 0 Å². The van der Waals surface area contributed by atoms with Crippen LogP contribution in [0.4, 0.5) is 8.78 Å². The lowest BCUT2D eigenvalue weighted by Crippen LogP contribution is -2.09. The molecule has 0 amide bonds. The van der Waals surface area contributed by atoms with Crippen LogP contribution >= 0.6 is 0 Å². The number of alkyl halides is 2. The molecular weight excluding hydrogens is 390 g/mol. The lowest BCUT2D eigenvalue weighted by atomic mass is 10.1. The predicted octanol–water partition coefficient (Wildman–Crippen LogP) is 4.00. The Bertz CT molecular complexity index is 1170. The van der Waals surface area contributed by atoms with Crippen LogP contribution in [-0.4, -0.2) is 36.1 Å². The van der Waals surface area contributed by atoms with Gasteiger partial charge in [0.2, 0.25) is 0 Å². The van der Waals surface area contributed by atoms with Gasteiger partial charge in [0.25, 0.3) is 6.43 Å². The molecule has 0 fully saturated rings. The van der Waals surface area contributed by atoms with Gasteiger partial charge in [0.15, 0.2) is 5.65 Å². The van der Waals surface area contributed by atoms with Crippen molar-refractivity contribution < 1.29 is 13.5 Å². The van der Waals surface area contributed by atoms with E-state index in [0.29, 0.717) is 42.2 Å². The third kappa shape index (κ3) is 3.80. The molecule has 0 saturated carbocycles. The summed E-state index contributed by atoms with van der Waals surface area (Å²) in [4.78, 5) is 8.88. The predicted molar refractivity (Wildman–Crippen MR) is 108 cm³/mol. The van der Waals surface area contributed by atoms with E-state index in [1.54, 1.807) is 35.7 Å². The van der Waals surface area contributed by atoms with Crippen molar-refractivity contribution in [3.63, 3.8) is 0 Å². The molecule has 0 spiro atoms. The molecule has 0 aliphatic carbocycles. The average Bonchev–Trinajstić information content (AvgIpc) is 3.24. The van der Waals surface area contributed by atoms with Crippen molar-refractivity contribution in [1.29, 1.82) is 0 Å². The Morgan fingerprint density at radius 3 is 2.70 bits per heavy atom. The minimum atomic E-state index is -2.64. The molecule has 156 valence electrons. The summed E-state index contributed by atoms with van der Waals surface area (Å²) in [6.07, 6.45) is 0.714. The lowest BCUT2D eigenvalue weighted by molar-refractivity contribution is 0.109. The van der Waals surface area contributed by atoms with Crippen LogP contribution in [-0.2, 0) is 24.9 Å². The normalized spacial score (nSPS) is 11.7. The molecule has 0 atom stereocenters. The van der Waals surface area contributed by atoms with E-state index >= 15 is 0 Å². The summed E-state index contributed by atoms with van der Waals surface area (Å²) in [5, 5.41) is 9.04. The Morgan fingerprint density at radius 1 is 1.20 bits per heavy atom. The fourth-order valence-corrected chi connectivity index (χ4v) is 3.41. The lowest BCUT2D eigenvalue weighted by Gasteiger charge is -2.09. The first-order valence-electron chi connectivity index (χ1n) is 9.58. The molecule has 9 heteroatoms. The van der Waals surface area contributed by atoms with E-state index in [2.05, 4.69) is 20.2 Å². The Kier molecular flexibility index (Phi) is 5.54. The summed E-state index contributed by atoms with van der Waals surface area (Å²) >= 11 is 0. The van der Waals surface area contributed by atoms with Gasteiger partial charge < -0.3 is 4.74 Å². The Hall–Kier alpha value is -3.20. The number of nitrogens with zero attached hydrogens (tertiary/aromatic N) is 6. The molecule has 4 rings (SSSR count). The molecule has 4 heterocycles. The number of halogens is 2. The highest BCUT2D eigenvalue weighted by atomic mass is 19.3. The van der Waals surface area contributed by atoms with E-state index in [-0.39, 0.29) is 5.56 Å². The number of hydrogen-bond donors (Lipinski definition) is 0. The molecule has 4 aromatic rings. The molecule has 0 saturated heterocycles. The second-order valence-electron chi connectivity index (χ2n) is 7.05. The number of ether oxygens (including phenoxy) is 1. The van der Waals surface area contributed by atoms with E-state index in [9.17, 15) is 8.78 Å². The molecule has 7 nitrogen and oxygen atoms in total. The van der Waals surface area contributed by atoms with Gasteiger partial charge in [-0.1, -0.05) is 6.07 Å². The second kappa shape index (κ2) is 8.27. The summed E-state index contributed by atoms with van der Waals surface area (Å²) < 4.78 is 36.7. The molecule has 0 unspecified atom stereocenters. The van der Waals surface area contributed by atoms with Crippen LogP contribution in [0.3, 0.4) is 0 Å². The Balaban J connectivity index is 1.65. The van der Waals surface area contributed by atoms with Crippen molar-refractivity contribution in [3.05, 3.63) is 59.3 Å². The standard InChI is InChI=1S/C21H22F2N6O/c1-13-19-16(20(22)23)10-18(17-11-25-28(3)14(17)2)26-21(19)29(27-13)8-9-30-12-15-6-4-5-7-24-15/h4-7,10-11,20H,8-9,12H2,1-3H3. The fourth-order valence-electron chi connectivity index (χ4n) is 3.41. The van der Waals surface area contributed by atoms with E-state index < -0.39 is 6.43 Å². The number of rotatable bonds is 7. The maximum atomic E-state index is 13.9. The van der Waals surface area contributed by atoms with Crippen LogP contribution in [0.1, 0.15) is 29.1 Å². The molecule has 4 aromatic heterocycles. The quantitative estimate of drug-likeness (QED) is 0.429. The zero-order valence-corrected chi connectivity index (χ0v) is 17.0. The van der Waals surface area contributed by atoms with Gasteiger partial charge in [-0.05, 0) is 32.0 Å². The maximum absolute atomic E-state index is 13.9. The van der Waals surface area contributed by atoms with Crippen LogP contribution in [0.5, 0.6) is 0 Å². The third-order valence-electron chi connectivity index (χ3n) is 5.08. The number of fused-ring (bicyclic) bond motifs is 1. The summed E-state index contributed by atoms with van der Waals surface area (Å²) in [6, 6.07) is 7.06. The molecule has 0 aliphatic heterocycles. The zero-order chi connectivity index (χ0) is 21.3. The largest absolute Gasteiger partial charge is 0.373 e. The van der Waals surface area contributed by atoms with Gasteiger partial charge in [-0.15, -0.1) is 0 Å². The summed E-state index contributed by atoms with van der Waals surface area (Å²) in [5.74, 6) is 0. The highest BCUT2D eigenvalue weighted by molar-refractivity contribution is 5.85. The fraction of sp³-hybridized carbons (Fsp3) is 0.333. The molecular formula is C21H22F2N6O. The average molecular weight is 412 g/mol. The van der Waals surface area contributed by atoms with Gasteiger partial charge in [-0.25, -0.2) is 18.4 Å². The van der Waals surface area contributed by atoms with Gasteiger partial charge in [-0.2, -0.15) is 10.2 Å². The van der Waals surface area contributed by atoms with Gasteiger partial charge in [0.1, 0.15) is 0 Å². The van der Waals surface area contributed by atoms with E-state index in [0.717, 1.165) is 17.0 Å². The van der Waals surface area contributed by atoms with Crippen molar-refractivity contribution in [3.8, 4) is 11.3 Å². The van der Waals surface area contributed by atoms with E-state index in [4.69, 9.17) is 4.74 Å². The second-order valence-corrected chi connectivity index (χ2v) is 7.05. The van der Waals surface area contributed by atoms with Crippen LogP contribution in [0.25, 0.3) is 22.3 Å². The van der Waals surface area contributed by atoms with Crippen LogP contribution in [0, 0.1) is 13.8 Å². The Labute approximate surface area is 172 Å². The van der Waals surface area contributed by atoms with Gasteiger partial charge in [0.05, 0.1) is 48.4 Å². The zero-order valence-electron chi connectivity index (χ0n) is 17.0.